The first-order chi connectivity index (χ1) is 8.08. The number of hydrogen-bond acceptors (Lipinski definition) is 3. The topological polar surface area (TPSA) is 43.8 Å². The minimum Gasteiger partial charge on any atom is -0.392 e. The molecule has 0 aromatic rings. The standard InChI is InChI=1S/C13H24N2O2/c1-10-4-3-5-11(2)15(10)13(17)9-14-7-6-12(16)8-14/h10-12,16H,3-9H2,1-2H3. The van der Waals surface area contributed by atoms with Crippen LogP contribution < -0.4 is 0 Å². The zero-order valence-electron chi connectivity index (χ0n) is 10.9. The molecule has 4 heteroatoms. The summed E-state index contributed by atoms with van der Waals surface area (Å²) >= 11 is 0. The Bertz CT molecular complexity index is 273. The lowest BCUT2D eigenvalue weighted by Crippen LogP contribution is -2.50. The summed E-state index contributed by atoms with van der Waals surface area (Å²) in [5.74, 6) is 0.235. The Morgan fingerprint density at radius 3 is 2.41 bits per heavy atom. The molecule has 2 aliphatic rings. The van der Waals surface area contributed by atoms with Crippen molar-refractivity contribution < 1.29 is 9.90 Å². The summed E-state index contributed by atoms with van der Waals surface area (Å²) in [5, 5.41) is 9.46. The number of aliphatic hydroxyl groups is 1. The first-order valence-corrected chi connectivity index (χ1v) is 6.79. The van der Waals surface area contributed by atoms with Crippen LogP contribution >= 0.6 is 0 Å². The number of carbonyl (C=O) groups is 1. The number of rotatable bonds is 2. The first-order valence-electron chi connectivity index (χ1n) is 6.79. The van der Waals surface area contributed by atoms with Crippen LogP contribution in [-0.2, 0) is 4.79 Å². The van der Waals surface area contributed by atoms with Gasteiger partial charge in [-0.1, -0.05) is 0 Å². The average Bonchev–Trinajstić information content (AvgIpc) is 2.63. The van der Waals surface area contributed by atoms with Gasteiger partial charge in [0, 0.05) is 25.2 Å². The van der Waals surface area contributed by atoms with E-state index >= 15 is 0 Å². The number of hydrogen-bond donors (Lipinski definition) is 1. The third-order valence-electron chi connectivity index (χ3n) is 4.09. The van der Waals surface area contributed by atoms with Crippen LogP contribution in [0.15, 0.2) is 0 Å². The van der Waals surface area contributed by atoms with E-state index in [2.05, 4.69) is 18.7 Å². The van der Waals surface area contributed by atoms with E-state index in [4.69, 9.17) is 0 Å². The zero-order chi connectivity index (χ0) is 12.4. The highest BCUT2D eigenvalue weighted by Gasteiger charge is 2.31. The van der Waals surface area contributed by atoms with Gasteiger partial charge in [-0.3, -0.25) is 9.69 Å². The van der Waals surface area contributed by atoms with E-state index in [0.29, 0.717) is 25.2 Å². The highest BCUT2D eigenvalue weighted by Crippen LogP contribution is 2.23. The third kappa shape index (κ3) is 2.99. The van der Waals surface area contributed by atoms with E-state index in [1.807, 2.05) is 4.90 Å². The van der Waals surface area contributed by atoms with Gasteiger partial charge < -0.3 is 10.0 Å². The minimum atomic E-state index is -0.237. The molecule has 17 heavy (non-hydrogen) atoms. The Balaban J connectivity index is 1.89. The van der Waals surface area contributed by atoms with Gasteiger partial charge in [0.2, 0.25) is 5.91 Å². The van der Waals surface area contributed by atoms with Crippen LogP contribution in [0.1, 0.15) is 39.5 Å². The van der Waals surface area contributed by atoms with Gasteiger partial charge in [0.15, 0.2) is 0 Å². The van der Waals surface area contributed by atoms with Crippen LogP contribution in [0.5, 0.6) is 0 Å². The Morgan fingerprint density at radius 2 is 1.88 bits per heavy atom. The fraction of sp³-hybridized carbons (Fsp3) is 0.923. The monoisotopic (exact) mass is 240 g/mol. The van der Waals surface area contributed by atoms with Gasteiger partial charge in [-0.05, 0) is 39.5 Å². The Kier molecular flexibility index (Phi) is 4.05. The molecule has 0 saturated carbocycles. The van der Waals surface area contributed by atoms with Crippen LogP contribution in [-0.4, -0.2) is 58.6 Å². The third-order valence-corrected chi connectivity index (χ3v) is 4.09. The Labute approximate surface area is 104 Å². The molecule has 2 heterocycles. The van der Waals surface area contributed by atoms with E-state index in [0.717, 1.165) is 25.8 Å². The van der Waals surface area contributed by atoms with Crippen molar-refractivity contribution in [1.29, 1.82) is 0 Å². The molecule has 1 amide bonds. The fourth-order valence-corrected chi connectivity index (χ4v) is 3.14. The van der Waals surface area contributed by atoms with Gasteiger partial charge in [-0.2, -0.15) is 0 Å². The molecule has 2 aliphatic heterocycles. The van der Waals surface area contributed by atoms with Crippen LogP contribution in [0.25, 0.3) is 0 Å². The van der Waals surface area contributed by atoms with E-state index in [-0.39, 0.29) is 12.0 Å². The molecule has 3 unspecified atom stereocenters. The zero-order valence-corrected chi connectivity index (χ0v) is 10.9. The fourth-order valence-electron chi connectivity index (χ4n) is 3.14. The molecule has 0 spiro atoms. The average molecular weight is 240 g/mol. The molecule has 4 nitrogen and oxygen atoms in total. The number of likely N-dealkylation sites (tertiary alicyclic amines) is 2. The first kappa shape index (κ1) is 12.8. The quantitative estimate of drug-likeness (QED) is 0.778. The summed E-state index contributed by atoms with van der Waals surface area (Å²) in [6.45, 7) is 6.27. The van der Waals surface area contributed by atoms with Crippen molar-refractivity contribution in [2.45, 2.75) is 57.7 Å². The molecule has 0 bridgehead atoms. The maximum atomic E-state index is 12.3. The molecule has 1 N–H and O–H groups in total. The van der Waals surface area contributed by atoms with Gasteiger partial charge in [0.25, 0.3) is 0 Å². The second-order valence-corrected chi connectivity index (χ2v) is 5.61. The molecule has 2 fully saturated rings. The lowest BCUT2D eigenvalue weighted by molar-refractivity contribution is -0.138. The normalized spacial score (nSPS) is 35.2. The SMILES string of the molecule is CC1CCCC(C)N1C(=O)CN1CCC(O)C1. The minimum absolute atomic E-state index is 0.235. The number of aliphatic hydroxyl groups excluding tert-OH is 1. The van der Waals surface area contributed by atoms with E-state index in [1.54, 1.807) is 0 Å². The maximum Gasteiger partial charge on any atom is 0.237 e. The molecule has 3 atom stereocenters. The molecular weight excluding hydrogens is 216 g/mol. The van der Waals surface area contributed by atoms with Crippen molar-refractivity contribution in [3.05, 3.63) is 0 Å². The van der Waals surface area contributed by atoms with Crippen molar-refractivity contribution in [2.24, 2.45) is 0 Å². The van der Waals surface area contributed by atoms with Crippen molar-refractivity contribution >= 4 is 5.91 Å². The number of nitrogens with zero attached hydrogens (tertiary/aromatic N) is 2. The molecule has 0 aromatic heterocycles. The smallest absolute Gasteiger partial charge is 0.237 e. The summed E-state index contributed by atoms with van der Waals surface area (Å²) in [7, 11) is 0. The van der Waals surface area contributed by atoms with E-state index < -0.39 is 0 Å². The van der Waals surface area contributed by atoms with Crippen LogP contribution in [0.3, 0.4) is 0 Å². The molecule has 2 saturated heterocycles. The van der Waals surface area contributed by atoms with Crippen molar-refractivity contribution in [3.8, 4) is 0 Å². The number of amides is 1. The van der Waals surface area contributed by atoms with Gasteiger partial charge in [0.05, 0.1) is 12.6 Å². The summed E-state index contributed by atoms with van der Waals surface area (Å²) in [5.41, 5.74) is 0. The molecule has 0 radical (unpaired) electrons. The second-order valence-electron chi connectivity index (χ2n) is 5.61. The Morgan fingerprint density at radius 1 is 1.24 bits per heavy atom. The Hall–Kier alpha value is -0.610. The summed E-state index contributed by atoms with van der Waals surface area (Å²) < 4.78 is 0. The molecule has 0 aromatic carbocycles. The van der Waals surface area contributed by atoms with E-state index in [1.165, 1.54) is 6.42 Å². The van der Waals surface area contributed by atoms with Crippen molar-refractivity contribution in [2.75, 3.05) is 19.6 Å². The van der Waals surface area contributed by atoms with E-state index in [9.17, 15) is 9.90 Å². The summed E-state index contributed by atoms with van der Waals surface area (Å²) in [4.78, 5) is 16.4. The predicted molar refractivity (Wildman–Crippen MR) is 66.7 cm³/mol. The maximum absolute atomic E-state index is 12.3. The molecule has 2 rings (SSSR count). The lowest BCUT2D eigenvalue weighted by atomic mass is 9.97. The number of β-amino-alcohol motifs (C(OH)–C–C–N with tert-alkyl or cyclic N) is 1. The number of carbonyl (C=O) groups excluding carboxylic acids is 1. The van der Waals surface area contributed by atoms with Crippen LogP contribution in [0, 0.1) is 0 Å². The largest absolute Gasteiger partial charge is 0.392 e. The van der Waals surface area contributed by atoms with Crippen LogP contribution in [0.4, 0.5) is 0 Å². The van der Waals surface area contributed by atoms with Crippen molar-refractivity contribution in [1.82, 2.24) is 9.80 Å². The highest BCUT2D eigenvalue weighted by molar-refractivity contribution is 5.79. The summed E-state index contributed by atoms with van der Waals surface area (Å²) in [6, 6.07) is 0.748. The molecule has 98 valence electrons. The van der Waals surface area contributed by atoms with Crippen LogP contribution in [0.2, 0.25) is 0 Å². The van der Waals surface area contributed by atoms with Gasteiger partial charge in [-0.25, -0.2) is 0 Å². The highest BCUT2D eigenvalue weighted by atomic mass is 16.3. The van der Waals surface area contributed by atoms with Gasteiger partial charge in [-0.15, -0.1) is 0 Å². The van der Waals surface area contributed by atoms with Gasteiger partial charge >= 0.3 is 0 Å². The second kappa shape index (κ2) is 5.36. The molecular formula is C13H24N2O2. The van der Waals surface area contributed by atoms with Gasteiger partial charge in [0.1, 0.15) is 0 Å². The predicted octanol–water partition coefficient (Wildman–Crippen LogP) is 0.843. The van der Waals surface area contributed by atoms with Crippen molar-refractivity contribution in [3.63, 3.8) is 0 Å². The molecule has 0 aliphatic carbocycles. The number of piperidine rings is 1. The summed E-state index contributed by atoms with van der Waals surface area (Å²) in [6.07, 6.45) is 4.05. The lowest BCUT2D eigenvalue weighted by Gasteiger charge is -2.39.